The Hall–Kier alpha value is -0.320. The third kappa shape index (κ3) is 27.8. The van der Waals surface area contributed by atoms with Crippen molar-refractivity contribution in [3.05, 3.63) is 0 Å². The standard InChI is InChI=1S/C32H70N2O6/c1-7-9-11-13-15-17-19-33(3,4)27-31(35)29-39-25-23-37-21-22-38-24-26-40-30-32(36)28-34(5,6)20-18-16-14-12-10-8-2/h31-32,35-36H,7-30H2,1-6H3/q+2. The highest BCUT2D eigenvalue weighted by Gasteiger charge is 2.21. The van der Waals surface area contributed by atoms with Gasteiger partial charge in [0.2, 0.25) is 0 Å². The van der Waals surface area contributed by atoms with Crippen molar-refractivity contribution in [2.45, 2.75) is 103 Å². The smallest absolute Gasteiger partial charge is 0.126 e. The highest BCUT2D eigenvalue weighted by atomic mass is 16.6. The van der Waals surface area contributed by atoms with Gasteiger partial charge < -0.3 is 38.1 Å². The van der Waals surface area contributed by atoms with Gasteiger partial charge in [-0.25, -0.2) is 0 Å². The van der Waals surface area contributed by atoms with Gasteiger partial charge in [0.1, 0.15) is 25.3 Å². The molecule has 0 aliphatic carbocycles. The quantitative estimate of drug-likeness (QED) is 0.0922. The van der Waals surface area contributed by atoms with Crippen LogP contribution in [-0.2, 0) is 18.9 Å². The molecule has 0 spiro atoms. The zero-order chi connectivity index (χ0) is 30.0. The second kappa shape index (κ2) is 26.3. The van der Waals surface area contributed by atoms with E-state index in [4.69, 9.17) is 18.9 Å². The monoisotopic (exact) mass is 579 g/mol. The summed E-state index contributed by atoms with van der Waals surface area (Å²) < 4.78 is 23.9. The lowest BCUT2D eigenvalue weighted by molar-refractivity contribution is -0.893. The van der Waals surface area contributed by atoms with Crippen LogP contribution in [0.15, 0.2) is 0 Å². The topological polar surface area (TPSA) is 77.4 Å². The molecule has 0 aromatic heterocycles. The molecule has 0 amide bonds. The third-order valence-corrected chi connectivity index (χ3v) is 7.38. The summed E-state index contributed by atoms with van der Waals surface area (Å²) in [5, 5.41) is 20.7. The molecule has 0 aromatic rings. The number of aliphatic hydroxyl groups is 2. The van der Waals surface area contributed by atoms with Gasteiger partial charge in [0.15, 0.2) is 0 Å². The van der Waals surface area contributed by atoms with Gasteiger partial charge >= 0.3 is 0 Å². The van der Waals surface area contributed by atoms with E-state index in [2.05, 4.69) is 42.0 Å². The van der Waals surface area contributed by atoms with Crippen molar-refractivity contribution in [3.8, 4) is 0 Å². The maximum absolute atomic E-state index is 10.3. The lowest BCUT2D eigenvalue weighted by Gasteiger charge is -2.32. The number of rotatable bonds is 31. The highest BCUT2D eigenvalue weighted by Crippen LogP contribution is 2.10. The van der Waals surface area contributed by atoms with E-state index in [1.165, 1.54) is 77.0 Å². The van der Waals surface area contributed by atoms with Gasteiger partial charge in [0.05, 0.1) is 94.1 Å². The Morgan fingerprint density at radius 3 is 1.10 bits per heavy atom. The minimum atomic E-state index is -0.456. The van der Waals surface area contributed by atoms with E-state index in [0.717, 1.165) is 22.1 Å². The minimum Gasteiger partial charge on any atom is -0.385 e. The molecule has 8 nitrogen and oxygen atoms in total. The molecule has 2 unspecified atom stereocenters. The zero-order valence-electron chi connectivity index (χ0n) is 27.5. The first-order chi connectivity index (χ1) is 19.1. The van der Waals surface area contributed by atoms with E-state index in [1.807, 2.05) is 0 Å². The summed E-state index contributed by atoms with van der Waals surface area (Å²) in [5.41, 5.74) is 0. The first kappa shape index (κ1) is 39.7. The molecule has 8 heteroatoms. The average Bonchev–Trinajstić information content (AvgIpc) is 2.88. The number of ether oxygens (including phenoxy) is 4. The Morgan fingerprint density at radius 2 is 0.750 bits per heavy atom. The Morgan fingerprint density at radius 1 is 0.450 bits per heavy atom. The summed E-state index contributed by atoms with van der Waals surface area (Å²) in [7, 11) is 8.74. The van der Waals surface area contributed by atoms with Crippen molar-refractivity contribution in [2.75, 3.05) is 107 Å². The molecule has 0 aliphatic heterocycles. The molecule has 0 radical (unpaired) electrons. The van der Waals surface area contributed by atoms with E-state index < -0.39 is 12.2 Å². The van der Waals surface area contributed by atoms with E-state index in [0.29, 0.717) is 65.9 Å². The molecule has 0 saturated carbocycles. The third-order valence-electron chi connectivity index (χ3n) is 7.38. The van der Waals surface area contributed by atoms with E-state index in [1.54, 1.807) is 0 Å². The molecule has 0 rings (SSSR count). The van der Waals surface area contributed by atoms with Crippen LogP contribution in [-0.4, -0.2) is 139 Å². The van der Waals surface area contributed by atoms with Gasteiger partial charge in [-0.2, -0.15) is 0 Å². The van der Waals surface area contributed by atoms with Gasteiger partial charge in [-0.15, -0.1) is 0 Å². The Kier molecular flexibility index (Phi) is 26.1. The lowest BCUT2D eigenvalue weighted by Crippen LogP contribution is -2.47. The Labute approximate surface area is 248 Å². The van der Waals surface area contributed by atoms with E-state index in [-0.39, 0.29) is 0 Å². The molecule has 0 bridgehead atoms. The van der Waals surface area contributed by atoms with Crippen molar-refractivity contribution in [1.29, 1.82) is 0 Å². The number of aliphatic hydroxyl groups excluding tert-OH is 2. The normalized spacial score (nSPS) is 14.1. The first-order valence-electron chi connectivity index (χ1n) is 16.4. The largest absolute Gasteiger partial charge is 0.385 e. The fraction of sp³-hybridized carbons (Fsp3) is 1.00. The molecule has 0 aromatic carbocycles. The molecular weight excluding hydrogens is 508 g/mol. The van der Waals surface area contributed by atoms with E-state index in [9.17, 15) is 10.2 Å². The first-order valence-corrected chi connectivity index (χ1v) is 16.4. The Balaban J connectivity index is 3.56. The molecule has 0 saturated heterocycles. The molecular formula is C32H70N2O6+2. The van der Waals surface area contributed by atoms with Crippen molar-refractivity contribution in [2.24, 2.45) is 0 Å². The molecule has 40 heavy (non-hydrogen) atoms. The number of likely N-dealkylation sites (N-methyl/N-ethyl adjacent to an activating group) is 2. The van der Waals surface area contributed by atoms with Crippen LogP contribution in [0.25, 0.3) is 0 Å². The van der Waals surface area contributed by atoms with Crippen LogP contribution in [0.3, 0.4) is 0 Å². The summed E-state index contributed by atoms with van der Waals surface area (Å²) in [6, 6.07) is 0. The maximum atomic E-state index is 10.3. The molecule has 0 fully saturated rings. The summed E-state index contributed by atoms with van der Waals surface area (Å²) in [6.07, 6.45) is 14.6. The number of hydrogen-bond donors (Lipinski definition) is 2. The van der Waals surface area contributed by atoms with E-state index >= 15 is 0 Å². The zero-order valence-corrected chi connectivity index (χ0v) is 27.5. The molecule has 2 N–H and O–H groups in total. The van der Waals surface area contributed by atoms with Crippen LogP contribution in [0.2, 0.25) is 0 Å². The van der Waals surface area contributed by atoms with Crippen LogP contribution >= 0.6 is 0 Å². The van der Waals surface area contributed by atoms with Gasteiger partial charge in [-0.05, 0) is 25.7 Å². The van der Waals surface area contributed by atoms with Crippen molar-refractivity contribution < 1.29 is 38.1 Å². The SMILES string of the molecule is CCCCCCCC[N+](C)(C)CC(O)COCCOCCOCCOCC(O)C[N+](C)(C)CCCCCCCC. The van der Waals surface area contributed by atoms with Crippen molar-refractivity contribution in [1.82, 2.24) is 0 Å². The number of unbranched alkanes of at least 4 members (excludes halogenated alkanes) is 10. The lowest BCUT2D eigenvalue weighted by atomic mass is 10.1. The van der Waals surface area contributed by atoms with Crippen LogP contribution < -0.4 is 0 Å². The van der Waals surface area contributed by atoms with Crippen LogP contribution in [0.1, 0.15) is 90.9 Å². The average molecular weight is 579 g/mol. The van der Waals surface area contributed by atoms with Crippen LogP contribution in [0, 0.1) is 0 Å². The highest BCUT2D eigenvalue weighted by molar-refractivity contribution is 4.54. The van der Waals surface area contributed by atoms with Gasteiger partial charge in [0, 0.05) is 0 Å². The summed E-state index contributed by atoms with van der Waals surface area (Å²) in [6.45, 7) is 11.7. The molecule has 0 heterocycles. The number of quaternary nitrogens is 2. The molecule has 0 aliphatic rings. The number of hydrogen-bond acceptors (Lipinski definition) is 6. The number of nitrogens with zero attached hydrogens (tertiary/aromatic N) is 2. The van der Waals surface area contributed by atoms with Crippen molar-refractivity contribution >= 4 is 0 Å². The fourth-order valence-electron chi connectivity index (χ4n) is 5.07. The summed E-state index contributed by atoms with van der Waals surface area (Å²) in [4.78, 5) is 0. The summed E-state index contributed by atoms with van der Waals surface area (Å²) in [5.74, 6) is 0. The minimum absolute atomic E-state index is 0.344. The predicted molar refractivity (Wildman–Crippen MR) is 166 cm³/mol. The van der Waals surface area contributed by atoms with Gasteiger partial charge in [0.25, 0.3) is 0 Å². The fourth-order valence-corrected chi connectivity index (χ4v) is 5.07. The predicted octanol–water partition coefficient (Wildman–Crippen LogP) is 4.65. The van der Waals surface area contributed by atoms with Crippen LogP contribution in [0.4, 0.5) is 0 Å². The maximum Gasteiger partial charge on any atom is 0.126 e. The molecule has 242 valence electrons. The second-order valence-corrected chi connectivity index (χ2v) is 12.9. The van der Waals surface area contributed by atoms with Gasteiger partial charge in [-0.1, -0.05) is 65.2 Å². The Bertz CT molecular complexity index is 490. The van der Waals surface area contributed by atoms with Gasteiger partial charge in [-0.3, -0.25) is 0 Å². The van der Waals surface area contributed by atoms with Crippen molar-refractivity contribution in [3.63, 3.8) is 0 Å². The summed E-state index contributed by atoms with van der Waals surface area (Å²) >= 11 is 0. The second-order valence-electron chi connectivity index (χ2n) is 12.9. The van der Waals surface area contributed by atoms with Crippen LogP contribution in [0.5, 0.6) is 0 Å². The molecule has 2 atom stereocenters.